The Hall–Kier alpha value is -0.830. The van der Waals surface area contributed by atoms with Crippen molar-refractivity contribution >= 4 is 5.97 Å². The number of methoxy groups -OCH3 is 1. The van der Waals surface area contributed by atoms with Crippen LogP contribution in [0.25, 0.3) is 0 Å². The molecule has 1 unspecified atom stereocenters. The highest BCUT2D eigenvalue weighted by Crippen LogP contribution is 2.30. The van der Waals surface area contributed by atoms with Crippen LogP contribution in [0.4, 0.5) is 0 Å². The highest BCUT2D eigenvalue weighted by molar-refractivity contribution is 5.82. The van der Waals surface area contributed by atoms with Crippen LogP contribution in [-0.2, 0) is 9.53 Å². The molecule has 0 bridgehead atoms. The van der Waals surface area contributed by atoms with E-state index in [-0.39, 0.29) is 5.97 Å². The molecule has 0 amide bonds. The average molecular weight is 209 g/mol. The monoisotopic (exact) mass is 209 g/mol. The normalized spacial score (nSPS) is 29.9. The molecule has 2 aliphatic rings. The van der Waals surface area contributed by atoms with Crippen LogP contribution in [0.1, 0.15) is 32.1 Å². The fourth-order valence-corrected chi connectivity index (χ4v) is 2.71. The minimum Gasteiger partial charge on any atom is -0.466 e. The van der Waals surface area contributed by atoms with Gasteiger partial charge in [-0.1, -0.05) is 6.42 Å². The van der Waals surface area contributed by atoms with Gasteiger partial charge in [-0.25, -0.2) is 4.79 Å². The van der Waals surface area contributed by atoms with Gasteiger partial charge in [-0.2, -0.15) is 0 Å². The van der Waals surface area contributed by atoms with Crippen LogP contribution in [0.15, 0.2) is 11.6 Å². The molecule has 1 atom stereocenters. The molecule has 0 saturated carbocycles. The number of rotatable bonds is 1. The Bertz CT molecular complexity index is 271. The number of carbonyl (C=O) groups excluding carboxylic acids is 1. The van der Waals surface area contributed by atoms with Gasteiger partial charge in [0.2, 0.25) is 0 Å². The molecule has 15 heavy (non-hydrogen) atoms. The molecule has 0 aromatic heterocycles. The minimum absolute atomic E-state index is 0.197. The number of carbonyl (C=O) groups is 1. The molecule has 2 saturated heterocycles. The van der Waals surface area contributed by atoms with Crippen LogP contribution in [0.3, 0.4) is 0 Å². The van der Waals surface area contributed by atoms with Gasteiger partial charge in [0, 0.05) is 12.1 Å². The van der Waals surface area contributed by atoms with Gasteiger partial charge in [0.05, 0.1) is 7.11 Å². The Kier molecular flexibility index (Phi) is 3.41. The van der Waals surface area contributed by atoms with Gasteiger partial charge in [-0.3, -0.25) is 4.90 Å². The van der Waals surface area contributed by atoms with E-state index in [2.05, 4.69) is 4.90 Å². The van der Waals surface area contributed by atoms with Crippen molar-refractivity contribution in [3.05, 3.63) is 11.6 Å². The smallest absolute Gasteiger partial charge is 0.330 e. The second-order valence-electron chi connectivity index (χ2n) is 4.39. The summed E-state index contributed by atoms with van der Waals surface area (Å²) in [5, 5.41) is 0. The zero-order valence-electron chi connectivity index (χ0n) is 9.37. The summed E-state index contributed by atoms with van der Waals surface area (Å²) in [7, 11) is 1.45. The number of hydrogen-bond acceptors (Lipinski definition) is 3. The van der Waals surface area contributed by atoms with E-state index in [0.717, 1.165) is 6.42 Å². The topological polar surface area (TPSA) is 29.5 Å². The van der Waals surface area contributed by atoms with E-state index < -0.39 is 0 Å². The number of piperidine rings is 2. The van der Waals surface area contributed by atoms with Crippen LogP contribution >= 0.6 is 0 Å². The van der Waals surface area contributed by atoms with Gasteiger partial charge < -0.3 is 4.74 Å². The third-order valence-corrected chi connectivity index (χ3v) is 3.46. The quantitative estimate of drug-likeness (QED) is 0.486. The van der Waals surface area contributed by atoms with Crippen LogP contribution in [0.5, 0.6) is 0 Å². The van der Waals surface area contributed by atoms with Crippen LogP contribution in [0, 0.1) is 0 Å². The molecule has 3 nitrogen and oxygen atoms in total. The molecule has 2 rings (SSSR count). The van der Waals surface area contributed by atoms with Gasteiger partial charge in [-0.15, -0.1) is 0 Å². The maximum absolute atomic E-state index is 11.2. The van der Waals surface area contributed by atoms with E-state index in [1.165, 1.54) is 51.5 Å². The standard InChI is InChI=1S/C12H19NO2/c1-15-12(14)9-10-5-4-8-13-7-3-2-6-11(10)13/h9,11H,2-8H2,1H3/b10-9+. The predicted octanol–water partition coefficient (Wildman–Crippen LogP) is 1.73. The van der Waals surface area contributed by atoms with Crippen molar-refractivity contribution in [1.82, 2.24) is 4.90 Å². The third kappa shape index (κ3) is 2.40. The number of fused-ring (bicyclic) bond motifs is 1. The largest absolute Gasteiger partial charge is 0.466 e. The van der Waals surface area contributed by atoms with Crippen molar-refractivity contribution in [3.63, 3.8) is 0 Å². The fraction of sp³-hybridized carbons (Fsp3) is 0.750. The van der Waals surface area contributed by atoms with Gasteiger partial charge in [0.25, 0.3) is 0 Å². The van der Waals surface area contributed by atoms with E-state index in [9.17, 15) is 4.79 Å². The molecule has 0 aromatic rings. The summed E-state index contributed by atoms with van der Waals surface area (Å²) in [4.78, 5) is 13.8. The number of nitrogens with zero attached hydrogens (tertiary/aromatic N) is 1. The summed E-state index contributed by atoms with van der Waals surface area (Å²) in [6, 6.07) is 0.520. The first-order valence-corrected chi connectivity index (χ1v) is 5.83. The van der Waals surface area contributed by atoms with Crippen molar-refractivity contribution in [2.24, 2.45) is 0 Å². The second kappa shape index (κ2) is 4.79. The van der Waals surface area contributed by atoms with E-state index in [1.807, 2.05) is 0 Å². The third-order valence-electron chi connectivity index (χ3n) is 3.46. The molecule has 0 radical (unpaired) electrons. The van der Waals surface area contributed by atoms with Gasteiger partial charge in [-0.05, 0) is 44.3 Å². The lowest BCUT2D eigenvalue weighted by Gasteiger charge is -2.40. The van der Waals surface area contributed by atoms with E-state index >= 15 is 0 Å². The van der Waals surface area contributed by atoms with Crippen LogP contribution < -0.4 is 0 Å². The zero-order valence-corrected chi connectivity index (χ0v) is 9.37. The maximum atomic E-state index is 11.2. The average Bonchev–Trinajstić information content (AvgIpc) is 2.29. The summed E-state index contributed by atoms with van der Waals surface area (Å²) in [6.07, 6.45) is 7.77. The Morgan fingerprint density at radius 3 is 3.00 bits per heavy atom. The summed E-state index contributed by atoms with van der Waals surface area (Å²) < 4.78 is 4.70. The SMILES string of the molecule is COC(=O)/C=C1\CCCN2CCCCC12. The van der Waals surface area contributed by atoms with Crippen molar-refractivity contribution in [2.45, 2.75) is 38.1 Å². The van der Waals surface area contributed by atoms with Gasteiger partial charge in [0.15, 0.2) is 0 Å². The Balaban J connectivity index is 2.09. The molecule has 3 heteroatoms. The number of hydrogen-bond donors (Lipinski definition) is 0. The lowest BCUT2D eigenvalue weighted by molar-refractivity contribution is -0.135. The van der Waals surface area contributed by atoms with E-state index in [0.29, 0.717) is 6.04 Å². The summed E-state index contributed by atoms with van der Waals surface area (Å²) in [6.45, 7) is 2.40. The molecule has 0 aliphatic carbocycles. The second-order valence-corrected chi connectivity index (χ2v) is 4.39. The van der Waals surface area contributed by atoms with Crippen molar-refractivity contribution in [1.29, 1.82) is 0 Å². The lowest BCUT2D eigenvalue weighted by Crippen LogP contribution is -2.44. The predicted molar refractivity (Wildman–Crippen MR) is 58.5 cm³/mol. The van der Waals surface area contributed by atoms with Gasteiger partial charge in [0.1, 0.15) is 0 Å². The summed E-state index contributed by atoms with van der Waals surface area (Å²) in [5.41, 5.74) is 1.29. The zero-order chi connectivity index (χ0) is 10.7. The molecule has 2 aliphatic heterocycles. The van der Waals surface area contributed by atoms with Crippen LogP contribution in [-0.4, -0.2) is 37.1 Å². The summed E-state index contributed by atoms with van der Waals surface area (Å²) in [5.74, 6) is -0.197. The maximum Gasteiger partial charge on any atom is 0.330 e. The number of esters is 1. The minimum atomic E-state index is -0.197. The van der Waals surface area contributed by atoms with E-state index in [4.69, 9.17) is 4.74 Å². The van der Waals surface area contributed by atoms with Crippen molar-refractivity contribution in [2.75, 3.05) is 20.2 Å². The Morgan fingerprint density at radius 1 is 1.40 bits per heavy atom. The first-order chi connectivity index (χ1) is 7.31. The van der Waals surface area contributed by atoms with Gasteiger partial charge >= 0.3 is 5.97 Å². The highest BCUT2D eigenvalue weighted by Gasteiger charge is 2.28. The molecule has 0 N–H and O–H groups in total. The molecule has 2 heterocycles. The Morgan fingerprint density at radius 2 is 2.20 bits per heavy atom. The molecule has 2 fully saturated rings. The van der Waals surface area contributed by atoms with Crippen LogP contribution in [0.2, 0.25) is 0 Å². The fourth-order valence-electron chi connectivity index (χ4n) is 2.71. The summed E-state index contributed by atoms with van der Waals surface area (Å²) >= 11 is 0. The lowest BCUT2D eigenvalue weighted by atomic mass is 9.88. The Labute approximate surface area is 91.1 Å². The first kappa shape index (κ1) is 10.7. The highest BCUT2D eigenvalue weighted by atomic mass is 16.5. The van der Waals surface area contributed by atoms with Crippen molar-refractivity contribution in [3.8, 4) is 0 Å². The van der Waals surface area contributed by atoms with Crippen molar-refractivity contribution < 1.29 is 9.53 Å². The molecular formula is C12H19NO2. The molecule has 84 valence electrons. The molecule has 0 aromatic carbocycles. The molecule has 0 spiro atoms. The van der Waals surface area contributed by atoms with E-state index in [1.54, 1.807) is 6.08 Å². The first-order valence-electron chi connectivity index (χ1n) is 5.83. The number of ether oxygens (including phenoxy) is 1. The molecular weight excluding hydrogens is 190 g/mol.